The maximum absolute atomic E-state index is 11.0. The summed E-state index contributed by atoms with van der Waals surface area (Å²) in [4.78, 5) is 18.7. The number of rotatable bonds is 6. The van der Waals surface area contributed by atoms with Gasteiger partial charge in [-0.25, -0.2) is 14.8 Å². The van der Waals surface area contributed by atoms with Gasteiger partial charge in [0.15, 0.2) is 0 Å². The molecular weight excluding hydrogens is 220 g/mol. The van der Waals surface area contributed by atoms with Gasteiger partial charge in [0, 0.05) is 6.20 Å². The van der Waals surface area contributed by atoms with Gasteiger partial charge in [0.1, 0.15) is 17.8 Å². The summed E-state index contributed by atoms with van der Waals surface area (Å²) in [7, 11) is 0. The third kappa shape index (κ3) is 4.07. The minimum Gasteiger partial charge on any atom is -0.480 e. The molecule has 0 aliphatic carbocycles. The van der Waals surface area contributed by atoms with Gasteiger partial charge < -0.3 is 10.4 Å². The van der Waals surface area contributed by atoms with E-state index in [9.17, 15) is 4.79 Å². The molecule has 1 heterocycles. The van der Waals surface area contributed by atoms with Crippen LogP contribution in [-0.4, -0.2) is 27.1 Å². The smallest absolute Gasteiger partial charge is 0.326 e. The van der Waals surface area contributed by atoms with E-state index in [0.29, 0.717) is 6.42 Å². The van der Waals surface area contributed by atoms with Crippen molar-refractivity contribution in [3.05, 3.63) is 18.0 Å². The van der Waals surface area contributed by atoms with Gasteiger partial charge in [0.2, 0.25) is 5.95 Å². The highest BCUT2D eigenvalue weighted by Crippen LogP contribution is 2.07. The van der Waals surface area contributed by atoms with Gasteiger partial charge in [-0.05, 0) is 12.5 Å². The first-order valence-corrected chi connectivity index (χ1v) is 5.40. The number of carboxylic acid groups (broad SMARTS) is 1. The number of hydrogen-bond acceptors (Lipinski definition) is 5. The molecule has 1 aromatic heterocycles. The van der Waals surface area contributed by atoms with Gasteiger partial charge in [-0.15, -0.1) is 0 Å². The predicted octanol–water partition coefficient (Wildman–Crippen LogP) is 1.40. The van der Waals surface area contributed by atoms with E-state index in [-0.39, 0.29) is 11.6 Å². The lowest BCUT2D eigenvalue weighted by molar-refractivity contribution is -0.138. The van der Waals surface area contributed by atoms with Crippen LogP contribution in [0, 0.1) is 11.3 Å². The number of anilines is 1. The Bertz CT molecular complexity index is 428. The zero-order valence-corrected chi connectivity index (χ0v) is 9.55. The van der Waals surface area contributed by atoms with Gasteiger partial charge >= 0.3 is 5.97 Å². The Labute approximate surface area is 99.3 Å². The highest BCUT2D eigenvalue weighted by atomic mass is 16.4. The van der Waals surface area contributed by atoms with E-state index in [0.717, 1.165) is 12.8 Å². The number of aromatic nitrogens is 2. The summed E-state index contributed by atoms with van der Waals surface area (Å²) in [6.45, 7) is 1.99. The van der Waals surface area contributed by atoms with Gasteiger partial charge in [-0.3, -0.25) is 0 Å². The number of hydrogen-bond donors (Lipinski definition) is 2. The van der Waals surface area contributed by atoms with E-state index in [4.69, 9.17) is 10.4 Å². The van der Waals surface area contributed by atoms with Gasteiger partial charge in [-0.1, -0.05) is 19.8 Å². The molecule has 0 amide bonds. The van der Waals surface area contributed by atoms with Crippen LogP contribution < -0.4 is 5.32 Å². The van der Waals surface area contributed by atoms with Gasteiger partial charge in [-0.2, -0.15) is 5.26 Å². The van der Waals surface area contributed by atoms with Crippen LogP contribution in [0.15, 0.2) is 12.3 Å². The molecule has 1 rings (SSSR count). The zero-order valence-electron chi connectivity index (χ0n) is 9.55. The minimum absolute atomic E-state index is 0.174. The number of carbonyl (C=O) groups is 1. The third-order valence-corrected chi connectivity index (χ3v) is 2.22. The molecule has 2 N–H and O–H groups in total. The van der Waals surface area contributed by atoms with Crippen molar-refractivity contribution in [2.75, 3.05) is 5.32 Å². The van der Waals surface area contributed by atoms with Gasteiger partial charge in [0.05, 0.1) is 0 Å². The van der Waals surface area contributed by atoms with Crippen molar-refractivity contribution < 1.29 is 9.90 Å². The minimum atomic E-state index is -0.940. The molecule has 17 heavy (non-hydrogen) atoms. The summed E-state index contributed by atoms with van der Waals surface area (Å²) >= 11 is 0. The second-order valence-corrected chi connectivity index (χ2v) is 3.55. The number of carboxylic acids is 1. The Morgan fingerprint density at radius 1 is 1.71 bits per heavy atom. The van der Waals surface area contributed by atoms with Crippen LogP contribution in [0.3, 0.4) is 0 Å². The molecule has 0 aliphatic rings. The fourth-order valence-electron chi connectivity index (χ4n) is 1.31. The summed E-state index contributed by atoms with van der Waals surface area (Å²) in [5.41, 5.74) is 0.210. The van der Waals surface area contributed by atoms with Crippen molar-refractivity contribution in [2.45, 2.75) is 32.2 Å². The Kier molecular flexibility index (Phi) is 4.88. The number of nitrogens with zero attached hydrogens (tertiary/aromatic N) is 3. The van der Waals surface area contributed by atoms with E-state index in [2.05, 4.69) is 15.3 Å². The molecule has 6 nitrogen and oxygen atoms in total. The van der Waals surface area contributed by atoms with Crippen LogP contribution in [0.2, 0.25) is 0 Å². The molecule has 0 aromatic carbocycles. The summed E-state index contributed by atoms with van der Waals surface area (Å²) < 4.78 is 0. The lowest BCUT2D eigenvalue weighted by Crippen LogP contribution is -2.30. The molecular formula is C11H14N4O2. The number of aliphatic carboxylic acids is 1. The van der Waals surface area contributed by atoms with Crippen molar-refractivity contribution in [3.63, 3.8) is 0 Å². The van der Waals surface area contributed by atoms with Crippen molar-refractivity contribution in [3.8, 4) is 6.07 Å². The van der Waals surface area contributed by atoms with Crippen molar-refractivity contribution in [1.29, 1.82) is 5.26 Å². The second kappa shape index (κ2) is 6.43. The Hall–Kier alpha value is -2.16. The van der Waals surface area contributed by atoms with E-state index < -0.39 is 12.0 Å². The molecule has 0 bridgehead atoms. The largest absolute Gasteiger partial charge is 0.480 e. The maximum atomic E-state index is 11.0. The molecule has 0 aliphatic heterocycles. The Balaban J connectivity index is 2.72. The van der Waals surface area contributed by atoms with Crippen molar-refractivity contribution in [2.24, 2.45) is 0 Å². The van der Waals surface area contributed by atoms with Crippen LogP contribution in [0.4, 0.5) is 5.95 Å². The fraction of sp³-hybridized carbons (Fsp3) is 0.455. The standard InChI is InChI=1S/C11H14N4O2/c1-2-3-4-9(10(16)17)15-11-13-6-5-8(7-12)14-11/h5-6,9H,2-4H2,1H3,(H,16,17)(H,13,14,15)/t9-/m0/s1. The third-order valence-electron chi connectivity index (χ3n) is 2.22. The summed E-state index contributed by atoms with van der Waals surface area (Å²) in [5, 5.41) is 20.4. The maximum Gasteiger partial charge on any atom is 0.326 e. The van der Waals surface area contributed by atoms with Crippen molar-refractivity contribution in [1.82, 2.24) is 9.97 Å². The molecule has 0 unspecified atom stereocenters. The van der Waals surface area contributed by atoms with Crippen LogP contribution in [0.5, 0.6) is 0 Å². The summed E-state index contributed by atoms with van der Waals surface area (Å²) in [6, 6.07) is 2.62. The first-order chi connectivity index (χ1) is 8.17. The Morgan fingerprint density at radius 3 is 3.06 bits per heavy atom. The summed E-state index contributed by atoms with van der Waals surface area (Å²) in [6.07, 6.45) is 3.66. The van der Waals surface area contributed by atoms with Gasteiger partial charge in [0.25, 0.3) is 0 Å². The lowest BCUT2D eigenvalue weighted by atomic mass is 10.1. The van der Waals surface area contributed by atoms with E-state index in [1.807, 2.05) is 13.0 Å². The number of nitriles is 1. The highest BCUT2D eigenvalue weighted by Gasteiger charge is 2.17. The van der Waals surface area contributed by atoms with E-state index in [1.54, 1.807) is 0 Å². The van der Waals surface area contributed by atoms with Crippen LogP contribution in [0.25, 0.3) is 0 Å². The molecule has 0 spiro atoms. The topological polar surface area (TPSA) is 98.9 Å². The molecule has 1 atom stereocenters. The van der Waals surface area contributed by atoms with Crippen LogP contribution in [0.1, 0.15) is 31.9 Å². The SMILES string of the molecule is CCCC[C@H](Nc1nccc(C#N)n1)C(=O)O. The Morgan fingerprint density at radius 2 is 2.47 bits per heavy atom. The highest BCUT2D eigenvalue weighted by molar-refractivity contribution is 5.76. The van der Waals surface area contributed by atoms with Crippen LogP contribution >= 0.6 is 0 Å². The molecule has 0 fully saturated rings. The zero-order chi connectivity index (χ0) is 12.7. The molecule has 1 aromatic rings. The van der Waals surface area contributed by atoms with Crippen LogP contribution in [-0.2, 0) is 4.79 Å². The quantitative estimate of drug-likeness (QED) is 0.771. The van der Waals surface area contributed by atoms with E-state index >= 15 is 0 Å². The molecule has 0 saturated heterocycles. The molecule has 90 valence electrons. The lowest BCUT2D eigenvalue weighted by Gasteiger charge is -2.13. The summed E-state index contributed by atoms with van der Waals surface area (Å²) in [5.74, 6) is -0.767. The fourth-order valence-corrected chi connectivity index (χ4v) is 1.31. The normalized spacial score (nSPS) is 11.5. The number of unbranched alkanes of at least 4 members (excludes halogenated alkanes) is 1. The molecule has 6 heteroatoms. The molecule has 0 radical (unpaired) electrons. The average molecular weight is 234 g/mol. The van der Waals surface area contributed by atoms with Crippen molar-refractivity contribution >= 4 is 11.9 Å². The monoisotopic (exact) mass is 234 g/mol. The first kappa shape index (κ1) is 12.9. The predicted molar refractivity (Wildman–Crippen MR) is 61.3 cm³/mol. The number of nitrogens with one attached hydrogen (secondary N) is 1. The second-order valence-electron chi connectivity index (χ2n) is 3.55. The first-order valence-electron chi connectivity index (χ1n) is 5.40. The molecule has 0 saturated carbocycles. The average Bonchev–Trinajstić information content (AvgIpc) is 2.34. The van der Waals surface area contributed by atoms with E-state index in [1.165, 1.54) is 12.3 Å².